The Bertz CT molecular complexity index is 1200. The van der Waals surface area contributed by atoms with Crippen LogP contribution in [0.5, 0.6) is 0 Å². The number of anilines is 3. The van der Waals surface area contributed by atoms with E-state index in [0.717, 1.165) is 21.3 Å². The summed E-state index contributed by atoms with van der Waals surface area (Å²) in [7, 11) is 0. The number of carbonyl (C=O) groups is 1. The molecule has 156 valence electrons. The number of halogens is 3. The average Bonchev–Trinajstić information content (AvgIpc) is 3.35. The molecule has 0 fully saturated rings. The standard InChI is InChI=1S/C18H16Cl3N7OS/c1-2-13(29)25-16(18(19,20)21)28-17-26-14-10(5-6-22-14)15(27-17)24-9-3-4-12-11(7-9)23-8-30-12/h3-8,16H,2H2,1H3,(H,25,29)(H3,22,24,26,27,28). The molecule has 3 heterocycles. The molecule has 0 aliphatic rings. The van der Waals surface area contributed by atoms with E-state index in [1.807, 2.05) is 24.3 Å². The monoisotopic (exact) mass is 483 g/mol. The van der Waals surface area contributed by atoms with Crippen molar-refractivity contribution in [2.75, 3.05) is 10.6 Å². The third-order valence-corrected chi connectivity index (χ3v) is 5.70. The first kappa shape index (κ1) is 20.9. The van der Waals surface area contributed by atoms with Crippen molar-refractivity contribution in [3.63, 3.8) is 0 Å². The third kappa shape index (κ3) is 4.54. The van der Waals surface area contributed by atoms with Gasteiger partial charge in [-0.25, -0.2) is 4.98 Å². The van der Waals surface area contributed by atoms with Crippen LogP contribution in [-0.4, -0.2) is 35.8 Å². The number of fused-ring (bicyclic) bond motifs is 2. The topological polar surface area (TPSA) is 108 Å². The van der Waals surface area contributed by atoms with Gasteiger partial charge in [0.25, 0.3) is 0 Å². The van der Waals surface area contributed by atoms with Gasteiger partial charge in [-0.15, -0.1) is 11.3 Å². The molecule has 0 aliphatic heterocycles. The van der Waals surface area contributed by atoms with E-state index in [1.165, 1.54) is 0 Å². The number of nitrogens with zero attached hydrogens (tertiary/aromatic N) is 3. The summed E-state index contributed by atoms with van der Waals surface area (Å²) in [5.74, 6) is 0.438. The van der Waals surface area contributed by atoms with Crippen molar-refractivity contribution in [2.24, 2.45) is 0 Å². The van der Waals surface area contributed by atoms with Crippen molar-refractivity contribution < 1.29 is 4.79 Å². The summed E-state index contributed by atoms with van der Waals surface area (Å²) < 4.78 is -0.725. The zero-order chi connectivity index (χ0) is 21.3. The van der Waals surface area contributed by atoms with E-state index >= 15 is 0 Å². The Labute approximate surface area is 190 Å². The van der Waals surface area contributed by atoms with E-state index in [9.17, 15) is 4.79 Å². The maximum absolute atomic E-state index is 11.8. The molecular weight excluding hydrogens is 469 g/mol. The Morgan fingerprint density at radius 1 is 1.27 bits per heavy atom. The Hall–Kier alpha value is -2.33. The lowest BCUT2D eigenvalue weighted by molar-refractivity contribution is -0.121. The maximum atomic E-state index is 11.8. The predicted molar refractivity (Wildman–Crippen MR) is 123 cm³/mol. The number of H-pyrrole nitrogens is 1. The second-order valence-electron chi connectivity index (χ2n) is 6.34. The van der Waals surface area contributed by atoms with Gasteiger partial charge in [0.15, 0.2) is 0 Å². The minimum absolute atomic E-state index is 0.176. The first-order valence-corrected chi connectivity index (χ1v) is 10.9. The van der Waals surface area contributed by atoms with Crippen LogP contribution in [0.2, 0.25) is 0 Å². The van der Waals surface area contributed by atoms with Crippen LogP contribution < -0.4 is 16.0 Å². The van der Waals surface area contributed by atoms with E-state index < -0.39 is 9.96 Å². The molecule has 4 rings (SSSR count). The van der Waals surface area contributed by atoms with Crippen molar-refractivity contribution in [2.45, 2.75) is 23.3 Å². The second-order valence-corrected chi connectivity index (χ2v) is 9.59. The highest BCUT2D eigenvalue weighted by molar-refractivity contribution is 7.16. The van der Waals surface area contributed by atoms with Crippen molar-refractivity contribution in [1.82, 2.24) is 25.3 Å². The smallest absolute Gasteiger partial charge is 0.228 e. The molecule has 0 aliphatic carbocycles. The number of aromatic amines is 1. The van der Waals surface area contributed by atoms with E-state index in [1.54, 1.807) is 30.0 Å². The normalized spacial score (nSPS) is 12.8. The van der Waals surface area contributed by atoms with Crippen molar-refractivity contribution >= 4 is 90.8 Å². The summed E-state index contributed by atoms with van der Waals surface area (Å²) >= 11 is 19.7. The quantitative estimate of drug-likeness (QED) is 0.228. The number of aromatic nitrogens is 4. The molecule has 0 saturated heterocycles. The minimum atomic E-state index is -1.82. The highest BCUT2D eigenvalue weighted by Gasteiger charge is 2.34. The molecular formula is C18H16Cl3N7OS. The van der Waals surface area contributed by atoms with Gasteiger partial charge >= 0.3 is 0 Å². The Morgan fingerprint density at radius 3 is 2.87 bits per heavy atom. The van der Waals surface area contributed by atoms with Crippen molar-refractivity contribution in [3.05, 3.63) is 36.0 Å². The van der Waals surface area contributed by atoms with E-state index in [-0.39, 0.29) is 18.3 Å². The number of amides is 1. The molecule has 0 spiro atoms. The van der Waals surface area contributed by atoms with Crippen LogP contribution in [-0.2, 0) is 4.79 Å². The molecule has 1 amide bonds. The summed E-state index contributed by atoms with van der Waals surface area (Å²) in [6.07, 6.45) is 0.964. The number of hydrogen-bond donors (Lipinski definition) is 4. The van der Waals surface area contributed by atoms with Gasteiger partial charge in [-0.3, -0.25) is 4.79 Å². The highest BCUT2D eigenvalue weighted by atomic mass is 35.6. The lowest BCUT2D eigenvalue weighted by Crippen LogP contribution is -2.49. The molecule has 30 heavy (non-hydrogen) atoms. The van der Waals surface area contributed by atoms with Crippen LogP contribution in [0.25, 0.3) is 21.3 Å². The number of rotatable bonds is 6. The number of thiazole rings is 1. The fourth-order valence-corrected chi connectivity index (χ4v) is 3.75. The minimum Gasteiger partial charge on any atom is -0.346 e. The van der Waals surface area contributed by atoms with Crippen molar-refractivity contribution in [3.8, 4) is 0 Å². The summed E-state index contributed by atoms with van der Waals surface area (Å²) in [5.41, 5.74) is 4.08. The van der Waals surface area contributed by atoms with Crippen LogP contribution in [0.3, 0.4) is 0 Å². The largest absolute Gasteiger partial charge is 0.346 e. The predicted octanol–water partition coefficient (Wildman–Crippen LogP) is 4.95. The molecule has 1 aromatic carbocycles. The van der Waals surface area contributed by atoms with E-state index in [0.29, 0.717) is 11.5 Å². The molecule has 8 nitrogen and oxygen atoms in total. The lowest BCUT2D eigenvalue weighted by Gasteiger charge is -2.26. The van der Waals surface area contributed by atoms with Gasteiger partial charge in [0, 0.05) is 18.3 Å². The van der Waals surface area contributed by atoms with Gasteiger partial charge in [-0.2, -0.15) is 9.97 Å². The fraction of sp³-hybridized carbons (Fsp3) is 0.222. The zero-order valence-corrected chi connectivity index (χ0v) is 18.6. The average molecular weight is 485 g/mol. The van der Waals surface area contributed by atoms with Gasteiger partial charge in [0.2, 0.25) is 15.6 Å². The Kier molecular flexibility index (Phi) is 5.88. The molecule has 1 unspecified atom stereocenters. The first-order valence-electron chi connectivity index (χ1n) is 8.91. The van der Waals surface area contributed by atoms with E-state index in [2.05, 4.69) is 35.9 Å². The van der Waals surface area contributed by atoms with Crippen LogP contribution >= 0.6 is 46.1 Å². The molecule has 0 bridgehead atoms. The third-order valence-electron chi connectivity index (χ3n) is 4.24. The van der Waals surface area contributed by atoms with E-state index in [4.69, 9.17) is 34.8 Å². The van der Waals surface area contributed by atoms with Gasteiger partial charge in [-0.05, 0) is 24.3 Å². The van der Waals surface area contributed by atoms with Crippen LogP contribution in [0.1, 0.15) is 13.3 Å². The number of nitrogens with one attached hydrogen (secondary N) is 4. The maximum Gasteiger partial charge on any atom is 0.228 e. The number of alkyl halides is 3. The fourth-order valence-electron chi connectivity index (χ4n) is 2.77. The van der Waals surface area contributed by atoms with Gasteiger partial charge in [0.1, 0.15) is 17.6 Å². The molecule has 4 aromatic rings. The van der Waals surface area contributed by atoms with Crippen LogP contribution in [0, 0.1) is 0 Å². The molecule has 4 N–H and O–H groups in total. The Balaban J connectivity index is 1.67. The second kappa shape index (κ2) is 8.43. The van der Waals surface area contributed by atoms with Gasteiger partial charge in [-0.1, -0.05) is 41.7 Å². The molecule has 12 heteroatoms. The molecule has 1 atom stereocenters. The van der Waals surface area contributed by atoms with Crippen LogP contribution in [0.4, 0.5) is 17.5 Å². The zero-order valence-electron chi connectivity index (χ0n) is 15.5. The summed E-state index contributed by atoms with van der Waals surface area (Å²) in [6, 6.07) is 7.72. The molecule has 0 radical (unpaired) electrons. The lowest BCUT2D eigenvalue weighted by atomic mass is 10.3. The Morgan fingerprint density at radius 2 is 2.10 bits per heavy atom. The van der Waals surface area contributed by atoms with Gasteiger partial charge in [0.05, 0.1) is 21.1 Å². The molecule has 0 saturated carbocycles. The number of carbonyl (C=O) groups excluding carboxylic acids is 1. The SMILES string of the molecule is CCC(=O)NC(Nc1nc(Nc2ccc3scnc3c2)c2cc[nH]c2n1)C(Cl)(Cl)Cl. The highest BCUT2D eigenvalue weighted by Crippen LogP contribution is 2.32. The van der Waals surface area contributed by atoms with Gasteiger partial charge < -0.3 is 20.9 Å². The first-order chi connectivity index (χ1) is 14.3. The summed E-state index contributed by atoms with van der Waals surface area (Å²) in [5, 5.41) is 9.58. The molecule has 3 aromatic heterocycles. The summed E-state index contributed by atoms with van der Waals surface area (Å²) in [4.78, 5) is 28.1. The van der Waals surface area contributed by atoms with Crippen LogP contribution in [0.15, 0.2) is 36.0 Å². The van der Waals surface area contributed by atoms with Crippen molar-refractivity contribution in [1.29, 1.82) is 0 Å². The summed E-state index contributed by atoms with van der Waals surface area (Å²) in [6.45, 7) is 1.70. The number of benzene rings is 1. The number of hydrogen-bond acceptors (Lipinski definition) is 7.